The number of hydroxylamine groups is 2. The molecule has 0 spiro atoms. The van der Waals surface area contributed by atoms with Gasteiger partial charge in [-0.3, -0.25) is 0 Å². The average molecular weight is 185 g/mol. The minimum atomic E-state index is 0.905. The van der Waals surface area contributed by atoms with Crippen molar-refractivity contribution < 1.29 is 4.84 Å². The predicted molar refractivity (Wildman–Crippen MR) is 52.0 cm³/mol. The fraction of sp³-hybridized carbons (Fsp3) is 0.556. The van der Waals surface area contributed by atoms with Crippen LogP contribution in [0.5, 0.6) is 0 Å². The quantitative estimate of drug-likeness (QED) is 0.654. The van der Waals surface area contributed by atoms with Gasteiger partial charge in [0.1, 0.15) is 0 Å². The molecule has 0 aliphatic heterocycles. The molecule has 3 heteroatoms. The van der Waals surface area contributed by atoms with Gasteiger partial charge >= 0.3 is 0 Å². The van der Waals surface area contributed by atoms with E-state index in [2.05, 4.69) is 24.4 Å². The zero-order valence-corrected chi connectivity index (χ0v) is 8.43. The lowest BCUT2D eigenvalue weighted by Gasteiger charge is -2.17. The number of nitrogens with zero attached hydrogens (tertiary/aromatic N) is 1. The van der Waals surface area contributed by atoms with Crippen molar-refractivity contribution >= 4 is 11.3 Å². The molecule has 0 saturated heterocycles. The van der Waals surface area contributed by atoms with E-state index in [1.54, 1.807) is 18.4 Å². The Bertz CT molecular complexity index is 198. The third-order valence-electron chi connectivity index (χ3n) is 1.64. The van der Waals surface area contributed by atoms with Crippen LogP contribution in [0.25, 0.3) is 0 Å². The summed E-state index contributed by atoms with van der Waals surface area (Å²) in [5.41, 5.74) is 0. The lowest BCUT2D eigenvalue weighted by molar-refractivity contribution is -0.138. The smallest absolute Gasteiger partial charge is 0.0584 e. The first-order chi connectivity index (χ1) is 5.86. The van der Waals surface area contributed by atoms with Crippen LogP contribution < -0.4 is 0 Å². The molecule has 0 saturated carbocycles. The van der Waals surface area contributed by atoms with Crippen LogP contribution in [0.4, 0.5) is 0 Å². The van der Waals surface area contributed by atoms with Crippen molar-refractivity contribution in [1.29, 1.82) is 0 Å². The van der Waals surface area contributed by atoms with E-state index in [0.29, 0.717) is 0 Å². The SMILES string of the molecule is CCCN(Cc1cccs1)OC. The first kappa shape index (κ1) is 9.71. The summed E-state index contributed by atoms with van der Waals surface area (Å²) in [6, 6.07) is 4.20. The highest BCUT2D eigenvalue weighted by molar-refractivity contribution is 7.09. The van der Waals surface area contributed by atoms with Crippen LogP contribution in [-0.2, 0) is 11.4 Å². The normalized spacial score (nSPS) is 10.9. The van der Waals surface area contributed by atoms with Crippen LogP contribution in [0.15, 0.2) is 17.5 Å². The van der Waals surface area contributed by atoms with Crippen molar-refractivity contribution in [2.75, 3.05) is 13.7 Å². The Kier molecular flexibility index (Phi) is 4.29. The second-order valence-corrected chi connectivity index (χ2v) is 3.66. The van der Waals surface area contributed by atoms with Crippen LogP contribution in [0.3, 0.4) is 0 Å². The lowest BCUT2D eigenvalue weighted by Crippen LogP contribution is -2.21. The summed E-state index contributed by atoms with van der Waals surface area (Å²) in [7, 11) is 1.73. The Morgan fingerprint density at radius 3 is 2.92 bits per heavy atom. The van der Waals surface area contributed by atoms with Crippen molar-refractivity contribution in [3.63, 3.8) is 0 Å². The number of hydrogen-bond acceptors (Lipinski definition) is 3. The van der Waals surface area contributed by atoms with Gasteiger partial charge < -0.3 is 4.84 Å². The van der Waals surface area contributed by atoms with E-state index < -0.39 is 0 Å². The summed E-state index contributed by atoms with van der Waals surface area (Å²) < 4.78 is 0. The van der Waals surface area contributed by atoms with Gasteiger partial charge in [-0.2, -0.15) is 5.06 Å². The highest BCUT2D eigenvalue weighted by Crippen LogP contribution is 2.11. The lowest BCUT2D eigenvalue weighted by atomic mass is 10.4. The molecule has 0 radical (unpaired) electrons. The largest absolute Gasteiger partial charge is 0.302 e. The Labute approximate surface area is 77.7 Å². The highest BCUT2D eigenvalue weighted by atomic mass is 32.1. The Hall–Kier alpha value is -0.380. The van der Waals surface area contributed by atoms with Crippen LogP contribution in [0, 0.1) is 0 Å². The third-order valence-corrected chi connectivity index (χ3v) is 2.50. The first-order valence-corrected chi connectivity index (χ1v) is 5.06. The van der Waals surface area contributed by atoms with E-state index in [9.17, 15) is 0 Å². The molecule has 0 atom stereocenters. The molecular formula is C9H15NOS. The highest BCUT2D eigenvalue weighted by Gasteiger charge is 2.03. The molecule has 1 aromatic heterocycles. The zero-order chi connectivity index (χ0) is 8.81. The molecule has 1 rings (SSSR count). The second kappa shape index (κ2) is 5.30. The van der Waals surface area contributed by atoms with Gasteiger partial charge in [0.05, 0.1) is 13.7 Å². The first-order valence-electron chi connectivity index (χ1n) is 4.18. The molecule has 0 aromatic carbocycles. The van der Waals surface area contributed by atoms with Crippen LogP contribution in [0.1, 0.15) is 18.2 Å². The predicted octanol–water partition coefficient (Wildman–Crippen LogP) is 2.52. The zero-order valence-electron chi connectivity index (χ0n) is 7.62. The van der Waals surface area contributed by atoms with Crippen LogP contribution in [0.2, 0.25) is 0 Å². The molecule has 0 unspecified atom stereocenters. The van der Waals surface area contributed by atoms with E-state index in [1.807, 2.05) is 5.06 Å². The molecule has 0 N–H and O–H groups in total. The maximum atomic E-state index is 5.20. The van der Waals surface area contributed by atoms with Gasteiger partial charge in [0.25, 0.3) is 0 Å². The van der Waals surface area contributed by atoms with E-state index in [-0.39, 0.29) is 0 Å². The molecule has 68 valence electrons. The Morgan fingerprint density at radius 1 is 1.58 bits per heavy atom. The van der Waals surface area contributed by atoms with E-state index in [4.69, 9.17) is 4.84 Å². The fourth-order valence-electron chi connectivity index (χ4n) is 1.06. The Balaban J connectivity index is 2.37. The van der Waals surface area contributed by atoms with Gasteiger partial charge in [0, 0.05) is 11.4 Å². The maximum absolute atomic E-state index is 5.20. The van der Waals surface area contributed by atoms with Crippen molar-refractivity contribution in [1.82, 2.24) is 5.06 Å². The van der Waals surface area contributed by atoms with Crippen molar-refractivity contribution in [2.24, 2.45) is 0 Å². The van der Waals surface area contributed by atoms with E-state index >= 15 is 0 Å². The van der Waals surface area contributed by atoms with E-state index in [0.717, 1.165) is 19.5 Å². The summed E-state index contributed by atoms with van der Waals surface area (Å²) >= 11 is 1.77. The molecule has 0 aliphatic rings. The summed E-state index contributed by atoms with van der Waals surface area (Å²) in [5, 5.41) is 4.07. The van der Waals surface area contributed by atoms with Gasteiger partial charge in [-0.05, 0) is 17.9 Å². The molecular weight excluding hydrogens is 170 g/mol. The molecule has 2 nitrogen and oxygen atoms in total. The molecule has 12 heavy (non-hydrogen) atoms. The summed E-state index contributed by atoms with van der Waals surface area (Å²) in [6.45, 7) is 4.05. The van der Waals surface area contributed by atoms with Crippen molar-refractivity contribution in [3.05, 3.63) is 22.4 Å². The molecule has 1 aromatic rings. The van der Waals surface area contributed by atoms with Crippen LogP contribution >= 0.6 is 11.3 Å². The van der Waals surface area contributed by atoms with Gasteiger partial charge in [-0.25, -0.2) is 0 Å². The monoisotopic (exact) mass is 185 g/mol. The molecule has 0 fully saturated rings. The number of rotatable bonds is 5. The third kappa shape index (κ3) is 2.93. The minimum Gasteiger partial charge on any atom is -0.302 e. The molecule has 1 heterocycles. The van der Waals surface area contributed by atoms with E-state index in [1.165, 1.54) is 4.88 Å². The summed E-state index contributed by atoms with van der Waals surface area (Å²) in [6.07, 6.45) is 1.12. The molecule has 0 aliphatic carbocycles. The fourth-order valence-corrected chi connectivity index (χ4v) is 1.77. The van der Waals surface area contributed by atoms with Gasteiger partial charge in [0.15, 0.2) is 0 Å². The minimum absolute atomic E-state index is 0.905. The van der Waals surface area contributed by atoms with Gasteiger partial charge in [-0.15, -0.1) is 11.3 Å². The molecule has 0 bridgehead atoms. The number of thiophene rings is 1. The topological polar surface area (TPSA) is 12.5 Å². The van der Waals surface area contributed by atoms with Gasteiger partial charge in [-0.1, -0.05) is 13.0 Å². The van der Waals surface area contributed by atoms with Gasteiger partial charge in [0.2, 0.25) is 0 Å². The standard InChI is InChI=1S/C9H15NOS/c1-3-6-10(11-2)8-9-5-4-7-12-9/h4-5,7H,3,6,8H2,1-2H3. The molecule has 0 amide bonds. The Morgan fingerprint density at radius 2 is 2.42 bits per heavy atom. The number of hydrogen-bond donors (Lipinski definition) is 0. The van der Waals surface area contributed by atoms with Crippen LogP contribution in [-0.4, -0.2) is 18.7 Å². The van der Waals surface area contributed by atoms with Crippen molar-refractivity contribution in [2.45, 2.75) is 19.9 Å². The second-order valence-electron chi connectivity index (χ2n) is 2.63. The van der Waals surface area contributed by atoms with Crippen molar-refractivity contribution in [3.8, 4) is 0 Å². The summed E-state index contributed by atoms with van der Waals surface area (Å²) in [4.78, 5) is 6.56. The summed E-state index contributed by atoms with van der Waals surface area (Å²) in [5.74, 6) is 0. The maximum Gasteiger partial charge on any atom is 0.0584 e. The average Bonchev–Trinajstić information content (AvgIpc) is 2.56.